The number of rotatable bonds is 2. The average molecular weight is 278 g/mol. The molecule has 0 N–H and O–H groups in total. The molecule has 2 nitrogen and oxygen atoms in total. The number of hydrogen-bond acceptors (Lipinski definition) is 2. The van der Waals surface area contributed by atoms with Crippen LogP contribution in [0.2, 0.25) is 0 Å². The maximum atomic E-state index is 12.3. The summed E-state index contributed by atoms with van der Waals surface area (Å²) in [6, 6.07) is 14.8. The second-order valence-electron chi connectivity index (χ2n) is 6.44. The van der Waals surface area contributed by atoms with Crippen LogP contribution in [0.5, 0.6) is 0 Å². The number of ether oxygens (including phenoxy) is 1. The standard InChI is InChI=1S/C19H18O2/c1-13-8-17-12-21-18(20)19(17,10-13)11-14-6-7-15-4-2-3-5-16(15)9-14/h2-7,9,17H,1,8,10-12H2/t17-,19?/m1/s1. The van der Waals surface area contributed by atoms with E-state index in [2.05, 4.69) is 43.0 Å². The van der Waals surface area contributed by atoms with Crippen LogP contribution in [0.3, 0.4) is 0 Å². The van der Waals surface area contributed by atoms with Gasteiger partial charge in [0, 0.05) is 5.92 Å². The molecule has 0 bridgehead atoms. The molecule has 0 radical (unpaired) electrons. The lowest BCUT2D eigenvalue weighted by molar-refractivity contribution is -0.146. The minimum absolute atomic E-state index is 0.0284. The first-order chi connectivity index (χ1) is 10.2. The van der Waals surface area contributed by atoms with Crippen LogP contribution in [0.1, 0.15) is 18.4 Å². The summed E-state index contributed by atoms with van der Waals surface area (Å²) >= 11 is 0. The average Bonchev–Trinajstić information content (AvgIpc) is 2.94. The number of esters is 1. The van der Waals surface area contributed by atoms with E-state index < -0.39 is 0 Å². The molecule has 4 rings (SSSR count). The van der Waals surface area contributed by atoms with E-state index in [1.165, 1.54) is 21.9 Å². The Hall–Kier alpha value is -2.09. The number of allylic oxidation sites excluding steroid dienone is 1. The molecular weight excluding hydrogens is 260 g/mol. The molecule has 0 spiro atoms. The van der Waals surface area contributed by atoms with Gasteiger partial charge >= 0.3 is 5.97 Å². The molecule has 1 unspecified atom stereocenters. The number of carbonyl (C=O) groups excluding carboxylic acids is 1. The van der Waals surface area contributed by atoms with Gasteiger partial charge in [-0.3, -0.25) is 4.79 Å². The molecule has 2 fully saturated rings. The lowest BCUT2D eigenvalue weighted by Gasteiger charge is -2.24. The van der Waals surface area contributed by atoms with Gasteiger partial charge in [-0.15, -0.1) is 0 Å². The molecule has 2 heteroatoms. The first kappa shape index (κ1) is 12.6. The summed E-state index contributed by atoms with van der Waals surface area (Å²) in [4.78, 5) is 12.3. The summed E-state index contributed by atoms with van der Waals surface area (Å²) in [5.74, 6) is 0.281. The zero-order valence-corrected chi connectivity index (χ0v) is 12.0. The summed E-state index contributed by atoms with van der Waals surface area (Å²) in [7, 11) is 0. The number of benzene rings is 2. The van der Waals surface area contributed by atoms with E-state index >= 15 is 0 Å². The highest BCUT2D eigenvalue weighted by Crippen LogP contribution is 2.52. The van der Waals surface area contributed by atoms with E-state index in [4.69, 9.17) is 4.74 Å². The normalized spacial score (nSPS) is 27.9. The highest BCUT2D eigenvalue weighted by molar-refractivity contribution is 5.84. The van der Waals surface area contributed by atoms with Crippen LogP contribution in [0.15, 0.2) is 54.6 Å². The van der Waals surface area contributed by atoms with Gasteiger partial charge in [-0.25, -0.2) is 0 Å². The Balaban J connectivity index is 1.73. The Morgan fingerprint density at radius 2 is 2.00 bits per heavy atom. The Kier molecular flexibility index (Phi) is 2.68. The molecule has 1 aliphatic carbocycles. The second-order valence-corrected chi connectivity index (χ2v) is 6.44. The van der Waals surface area contributed by atoms with Crippen molar-refractivity contribution in [1.82, 2.24) is 0 Å². The SMILES string of the molecule is C=C1C[C@@H]2COC(=O)C2(Cc2ccc3ccccc3c2)C1. The van der Waals surface area contributed by atoms with Crippen molar-refractivity contribution in [2.24, 2.45) is 11.3 Å². The van der Waals surface area contributed by atoms with E-state index in [9.17, 15) is 4.79 Å². The van der Waals surface area contributed by atoms with Crippen molar-refractivity contribution >= 4 is 16.7 Å². The van der Waals surface area contributed by atoms with E-state index in [0.29, 0.717) is 12.5 Å². The maximum Gasteiger partial charge on any atom is 0.313 e. The van der Waals surface area contributed by atoms with Gasteiger partial charge in [-0.1, -0.05) is 54.6 Å². The number of fused-ring (bicyclic) bond motifs is 2. The van der Waals surface area contributed by atoms with E-state index in [-0.39, 0.29) is 11.4 Å². The minimum atomic E-state index is -0.362. The highest BCUT2D eigenvalue weighted by atomic mass is 16.5. The Morgan fingerprint density at radius 3 is 2.86 bits per heavy atom. The fourth-order valence-electron chi connectivity index (χ4n) is 3.98. The van der Waals surface area contributed by atoms with Gasteiger partial charge in [-0.05, 0) is 35.6 Å². The first-order valence-corrected chi connectivity index (χ1v) is 7.49. The van der Waals surface area contributed by atoms with Crippen LogP contribution >= 0.6 is 0 Å². The van der Waals surface area contributed by atoms with E-state index in [0.717, 1.165) is 19.3 Å². The van der Waals surface area contributed by atoms with Crippen LogP contribution < -0.4 is 0 Å². The summed E-state index contributed by atoms with van der Waals surface area (Å²) in [5.41, 5.74) is 2.05. The quantitative estimate of drug-likeness (QED) is 0.615. The van der Waals surface area contributed by atoms with Gasteiger partial charge in [0.2, 0.25) is 0 Å². The molecule has 2 aromatic rings. The fraction of sp³-hybridized carbons (Fsp3) is 0.316. The predicted molar refractivity (Wildman–Crippen MR) is 82.9 cm³/mol. The van der Waals surface area contributed by atoms with Crippen LogP contribution in [0.25, 0.3) is 10.8 Å². The van der Waals surface area contributed by atoms with Crippen LogP contribution in [0.4, 0.5) is 0 Å². The third kappa shape index (κ3) is 1.90. The van der Waals surface area contributed by atoms with Gasteiger partial charge in [0.15, 0.2) is 0 Å². The molecule has 2 atom stereocenters. The van der Waals surface area contributed by atoms with Crippen molar-refractivity contribution in [2.75, 3.05) is 6.61 Å². The summed E-state index contributed by atoms with van der Waals surface area (Å²) in [6.45, 7) is 4.66. The van der Waals surface area contributed by atoms with Crippen molar-refractivity contribution in [2.45, 2.75) is 19.3 Å². The number of hydrogen-bond donors (Lipinski definition) is 0. The second kappa shape index (κ2) is 4.45. The zero-order valence-electron chi connectivity index (χ0n) is 12.0. The summed E-state index contributed by atoms with van der Waals surface area (Å²) < 4.78 is 5.35. The van der Waals surface area contributed by atoms with Crippen LogP contribution in [-0.2, 0) is 16.0 Å². The van der Waals surface area contributed by atoms with E-state index in [1.54, 1.807) is 0 Å². The van der Waals surface area contributed by atoms with Crippen LogP contribution in [0, 0.1) is 11.3 Å². The molecule has 106 valence electrons. The summed E-state index contributed by atoms with van der Waals surface area (Å²) in [5, 5.41) is 2.46. The zero-order chi connectivity index (χ0) is 14.4. The monoisotopic (exact) mass is 278 g/mol. The van der Waals surface area contributed by atoms with Gasteiger partial charge in [-0.2, -0.15) is 0 Å². The highest BCUT2D eigenvalue weighted by Gasteiger charge is 2.55. The molecular formula is C19H18O2. The predicted octanol–water partition coefficient (Wildman–Crippen LogP) is 3.89. The van der Waals surface area contributed by atoms with Gasteiger partial charge < -0.3 is 4.74 Å². The lowest BCUT2D eigenvalue weighted by Crippen LogP contribution is -2.31. The molecule has 0 amide bonds. The van der Waals surface area contributed by atoms with E-state index in [1.807, 2.05) is 6.07 Å². The molecule has 0 aromatic heterocycles. The molecule has 1 saturated carbocycles. The number of cyclic esters (lactones) is 1. The Bertz CT molecular complexity index is 746. The fourth-order valence-corrected chi connectivity index (χ4v) is 3.98. The molecule has 1 saturated heterocycles. The molecule has 21 heavy (non-hydrogen) atoms. The Morgan fingerprint density at radius 1 is 1.19 bits per heavy atom. The minimum Gasteiger partial charge on any atom is -0.465 e. The smallest absolute Gasteiger partial charge is 0.313 e. The van der Waals surface area contributed by atoms with Gasteiger partial charge in [0.25, 0.3) is 0 Å². The van der Waals surface area contributed by atoms with Crippen LogP contribution in [-0.4, -0.2) is 12.6 Å². The molecule has 1 aliphatic heterocycles. The van der Waals surface area contributed by atoms with Gasteiger partial charge in [0.1, 0.15) is 0 Å². The molecule has 2 aromatic carbocycles. The number of carbonyl (C=O) groups is 1. The molecule has 2 aliphatic rings. The summed E-state index contributed by atoms with van der Waals surface area (Å²) in [6.07, 6.45) is 2.48. The third-order valence-corrected chi connectivity index (χ3v) is 5.04. The van der Waals surface area contributed by atoms with Crippen molar-refractivity contribution in [3.63, 3.8) is 0 Å². The maximum absolute atomic E-state index is 12.3. The lowest BCUT2D eigenvalue weighted by atomic mass is 9.75. The van der Waals surface area contributed by atoms with Crippen molar-refractivity contribution < 1.29 is 9.53 Å². The van der Waals surface area contributed by atoms with Gasteiger partial charge in [0.05, 0.1) is 12.0 Å². The first-order valence-electron chi connectivity index (χ1n) is 7.49. The largest absolute Gasteiger partial charge is 0.465 e. The van der Waals surface area contributed by atoms with Crippen molar-refractivity contribution in [3.05, 3.63) is 60.2 Å². The topological polar surface area (TPSA) is 26.3 Å². The van der Waals surface area contributed by atoms with Crippen molar-refractivity contribution in [3.8, 4) is 0 Å². The van der Waals surface area contributed by atoms with Crippen molar-refractivity contribution in [1.29, 1.82) is 0 Å². The third-order valence-electron chi connectivity index (χ3n) is 5.04. The Labute approximate surface area is 124 Å². The molecule has 1 heterocycles.